The molecule has 1 aromatic carbocycles. The number of urea groups is 1. The van der Waals surface area contributed by atoms with E-state index in [9.17, 15) is 14.7 Å². The van der Waals surface area contributed by atoms with Crippen molar-refractivity contribution in [1.82, 2.24) is 4.90 Å². The van der Waals surface area contributed by atoms with Crippen molar-refractivity contribution < 1.29 is 19.8 Å². The number of hydrogen-bond acceptors (Lipinski definition) is 4. The molecular weight excluding hydrogens is 292 g/mol. The number of carboxylic acids is 1. The zero-order chi connectivity index (χ0) is 16.0. The highest BCUT2D eigenvalue weighted by Gasteiger charge is 2.19. The second-order valence-corrected chi connectivity index (χ2v) is 5.66. The monoisotopic (exact) mass is 312 g/mol. The lowest BCUT2D eigenvalue weighted by atomic mass is 10.1. The molecular formula is C14H20N2O4S. The third-order valence-electron chi connectivity index (χ3n) is 3.23. The summed E-state index contributed by atoms with van der Waals surface area (Å²) in [6, 6.07) is 3.86. The van der Waals surface area contributed by atoms with Crippen LogP contribution in [0.5, 0.6) is 5.75 Å². The van der Waals surface area contributed by atoms with Gasteiger partial charge in [0.1, 0.15) is 5.56 Å². The van der Waals surface area contributed by atoms with Crippen LogP contribution < -0.4 is 5.32 Å². The molecule has 0 radical (unpaired) electrons. The van der Waals surface area contributed by atoms with Crippen molar-refractivity contribution in [2.24, 2.45) is 0 Å². The minimum atomic E-state index is -1.25. The van der Waals surface area contributed by atoms with Crippen molar-refractivity contribution in [2.45, 2.75) is 19.4 Å². The standard InChI is InChI=1S/C14H20N2O4S/c1-9(7-8-21-3)16(2)14(20)15-11-6-4-5-10(12(11)17)13(18)19/h4-6,9,17H,7-8H2,1-3H3,(H,15,20)(H,18,19). The Bertz CT molecular complexity index is 522. The number of para-hydroxylation sites is 1. The summed E-state index contributed by atoms with van der Waals surface area (Å²) in [5.41, 5.74) is -0.158. The molecule has 7 heteroatoms. The van der Waals surface area contributed by atoms with Gasteiger partial charge in [-0.25, -0.2) is 9.59 Å². The number of nitrogens with zero attached hydrogens (tertiary/aromatic N) is 1. The van der Waals surface area contributed by atoms with Crippen LogP contribution in [-0.2, 0) is 0 Å². The zero-order valence-corrected chi connectivity index (χ0v) is 13.1. The SMILES string of the molecule is CSCCC(C)N(C)C(=O)Nc1cccc(C(=O)O)c1O. The Hall–Kier alpha value is -1.89. The molecule has 0 spiro atoms. The number of phenols is 1. The molecule has 116 valence electrons. The van der Waals surface area contributed by atoms with Gasteiger partial charge in [0, 0.05) is 13.1 Å². The molecule has 0 heterocycles. The van der Waals surface area contributed by atoms with E-state index in [1.54, 1.807) is 18.8 Å². The van der Waals surface area contributed by atoms with Gasteiger partial charge in [-0.15, -0.1) is 0 Å². The maximum Gasteiger partial charge on any atom is 0.339 e. The maximum absolute atomic E-state index is 12.1. The van der Waals surface area contributed by atoms with Crippen LogP contribution in [0.3, 0.4) is 0 Å². The number of thioether (sulfide) groups is 1. The summed E-state index contributed by atoms with van der Waals surface area (Å²) in [6.07, 6.45) is 2.86. The number of aromatic carboxylic acids is 1. The topological polar surface area (TPSA) is 89.9 Å². The first-order valence-corrected chi connectivity index (χ1v) is 7.85. The number of carbonyl (C=O) groups excluding carboxylic acids is 1. The number of carbonyl (C=O) groups is 2. The van der Waals surface area contributed by atoms with Crippen LogP contribution in [0.25, 0.3) is 0 Å². The molecule has 0 aliphatic heterocycles. The number of amides is 2. The third-order valence-corrected chi connectivity index (χ3v) is 3.87. The molecule has 2 amide bonds. The molecule has 0 aliphatic rings. The number of aromatic hydroxyl groups is 1. The van der Waals surface area contributed by atoms with Gasteiger partial charge in [-0.2, -0.15) is 11.8 Å². The van der Waals surface area contributed by atoms with Gasteiger partial charge in [0.05, 0.1) is 5.69 Å². The fourth-order valence-electron chi connectivity index (χ4n) is 1.70. The second kappa shape index (κ2) is 7.78. The van der Waals surface area contributed by atoms with Crippen LogP contribution in [0.4, 0.5) is 10.5 Å². The van der Waals surface area contributed by atoms with Gasteiger partial charge < -0.3 is 20.4 Å². The average molecular weight is 312 g/mol. The van der Waals surface area contributed by atoms with E-state index in [0.717, 1.165) is 12.2 Å². The Kier molecular flexibility index (Phi) is 6.36. The van der Waals surface area contributed by atoms with Crippen molar-refractivity contribution >= 4 is 29.4 Å². The Morgan fingerprint density at radius 3 is 2.67 bits per heavy atom. The van der Waals surface area contributed by atoms with Gasteiger partial charge in [-0.05, 0) is 37.5 Å². The predicted octanol–water partition coefficient (Wildman–Crippen LogP) is 2.70. The van der Waals surface area contributed by atoms with Crippen LogP contribution in [0.1, 0.15) is 23.7 Å². The molecule has 1 unspecified atom stereocenters. The molecule has 0 aromatic heterocycles. The predicted molar refractivity (Wildman–Crippen MR) is 84.3 cm³/mol. The van der Waals surface area contributed by atoms with E-state index in [1.807, 2.05) is 13.2 Å². The van der Waals surface area contributed by atoms with Crippen LogP contribution >= 0.6 is 11.8 Å². The summed E-state index contributed by atoms with van der Waals surface area (Å²) in [5.74, 6) is -0.743. The molecule has 21 heavy (non-hydrogen) atoms. The first-order chi connectivity index (χ1) is 9.88. The summed E-state index contributed by atoms with van der Waals surface area (Å²) in [7, 11) is 1.67. The second-order valence-electron chi connectivity index (χ2n) is 4.68. The Morgan fingerprint density at radius 2 is 2.10 bits per heavy atom. The minimum absolute atomic E-state index is 0.0437. The number of hydrogen-bond donors (Lipinski definition) is 3. The third kappa shape index (κ3) is 4.56. The number of carboxylic acid groups (broad SMARTS) is 1. The number of rotatable bonds is 6. The van der Waals surface area contributed by atoms with E-state index in [0.29, 0.717) is 0 Å². The van der Waals surface area contributed by atoms with Gasteiger partial charge in [0.2, 0.25) is 0 Å². The van der Waals surface area contributed by atoms with Crippen molar-refractivity contribution in [3.05, 3.63) is 23.8 Å². The van der Waals surface area contributed by atoms with Crippen LogP contribution in [0.2, 0.25) is 0 Å². The molecule has 0 bridgehead atoms. The van der Waals surface area contributed by atoms with E-state index in [2.05, 4.69) is 5.32 Å². The highest BCUT2D eigenvalue weighted by Crippen LogP contribution is 2.27. The van der Waals surface area contributed by atoms with Gasteiger partial charge in [0.25, 0.3) is 0 Å². The molecule has 3 N–H and O–H groups in total. The van der Waals surface area contributed by atoms with E-state index in [-0.39, 0.29) is 23.3 Å². The number of benzene rings is 1. The number of nitrogens with one attached hydrogen (secondary N) is 1. The van der Waals surface area contributed by atoms with Crippen LogP contribution in [0.15, 0.2) is 18.2 Å². The van der Waals surface area contributed by atoms with E-state index < -0.39 is 11.7 Å². The molecule has 1 rings (SSSR count). The number of anilines is 1. The lowest BCUT2D eigenvalue weighted by Crippen LogP contribution is -2.38. The summed E-state index contributed by atoms with van der Waals surface area (Å²) >= 11 is 1.71. The summed E-state index contributed by atoms with van der Waals surface area (Å²) in [4.78, 5) is 24.6. The van der Waals surface area contributed by atoms with Crippen molar-refractivity contribution in [2.75, 3.05) is 24.4 Å². The molecule has 0 aliphatic carbocycles. The summed E-state index contributed by atoms with van der Waals surface area (Å²) < 4.78 is 0. The molecule has 0 fully saturated rings. The summed E-state index contributed by atoms with van der Waals surface area (Å²) in [5, 5.41) is 21.3. The van der Waals surface area contributed by atoms with E-state index in [1.165, 1.54) is 23.1 Å². The zero-order valence-electron chi connectivity index (χ0n) is 12.3. The van der Waals surface area contributed by atoms with Crippen LogP contribution in [-0.4, -0.2) is 52.2 Å². The summed E-state index contributed by atoms with van der Waals surface area (Å²) in [6.45, 7) is 1.93. The fraction of sp³-hybridized carbons (Fsp3) is 0.429. The van der Waals surface area contributed by atoms with Crippen LogP contribution in [0, 0.1) is 0 Å². The van der Waals surface area contributed by atoms with Crippen molar-refractivity contribution in [1.29, 1.82) is 0 Å². The smallest absolute Gasteiger partial charge is 0.339 e. The minimum Gasteiger partial charge on any atom is -0.505 e. The lowest BCUT2D eigenvalue weighted by Gasteiger charge is -2.25. The van der Waals surface area contributed by atoms with E-state index in [4.69, 9.17) is 5.11 Å². The molecule has 0 saturated heterocycles. The van der Waals surface area contributed by atoms with Crippen molar-refractivity contribution in [3.63, 3.8) is 0 Å². The van der Waals surface area contributed by atoms with Gasteiger partial charge >= 0.3 is 12.0 Å². The molecule has 6 nitrogen and oxygen atoms in total. The first-order valence-electron chi connectivity index (χ1n) is 6.46. The maximum atomic E-state index is 12.1. The molecule has 1 atom stereocenters. The molecule has 1 aromatic rings. The fourth-order valence-corrected chi connectivity index (χ4v) is 2.28. The normalized spacial score (nSPS) is 11.8. The molecule has 0 saturated carbocycles. The lowest BCUT2D eigenvalue weighted by molar-refractivity contribution is 0.0693. The first kappa shape index (κ1) is 17.2. The van der Waals surface area contributed by atoms with E-state index >= 15 is 0 Å². The van der Waals surface area contributed by atoms with Gasteiger partial charge in [-0.1, -0.05) is 6.07 Å². The highest BCUT2D eigenvalue weighted by atomic mass is 32.2. The Morgan fingerprint density at radius 1 is 1.43 bits per heavy atom. The van der Waals surface area contributed by atoms with Gasteiger partial charge in [0.15, 0.2) is 5.75 Å². The largest absolute Gasteiger partial charge is 0.505 e. The quantitative estimate of drug-likeness (QED) is 0.703. The van der Waals surface area contributed by atoms with Gasteiger partial charge in [-0.3, -0.25) is 0 Å². The average Bonchev–Trinajstić information content (AvgIpc) is 2.45. The van der Waals surface area contributed by atoms with Crippen molar-refractivity contribution in [3.8, 4) is 5.75 Å². The highest BCUT2D eigenvalue weighted by molar-refractivity contribution is 7.98. The Labute approximate surface area is 128 Å². The Balaban J connectivity index is 2.79.